The number of benzene rings is 7. The number of nitriles is 1. The predicted octanol–water partition coefficient (Wildman–Crippen LogP) is 12.3. The van der Waals surface area contributed by atoms with E-state index in [1.54, 1.807) is 133 Å². The second kappa shape index (κ2) is 44.8. The minimum Gasteiger partial charge on any atom is -0.481 e. The average Bonchev–Trinajstić information content (AvgIpc) is 1.73. The van der Waals surface area contributed by atoms with Crippen LogP contribution in [0.3, 0.4) is 0 Å². The number of nitrogens with one attached hydrogen (secondary N) is 1. The van der Waals surface area contributed by atoms with Crippen molar-refractivity contribution in [3.63, 3.8) is 0 Å². The fourth-order valence-electron chi connectivity index (χ4n) is 9.17. The smallest absolute Gasteiger partial charge is 0.481 e. The van der Waals surface area contributed by atoms with Crippen molar-refractivity contribution in [2.75, 3.05) is 13.1 Å². The van der Waals surface area contributed by atoms with Crippen molar-refractivity contribution in [3.05, 3.63) is 231 Å². The summed E-state index contributed by atoms with van der Waals surface area (Å²) >= 11 is 19.7. The largest absolute Gasteiger partial charge is 0.490 e. The van der Waals surface area contributed by atoms with Crippen molar-refractivity contribution in [2.45, 2.75) is 83.0 Å². The van der Waals surface area contributed by atoms with Crippen LogP contribution in [0, 0.1) is 30.4 Å². The molecular formula is C67H66Cl3F7N5O11S3W-. The summed E-state index contributed by atoms with van der Waals surface area (Å²) < 4.78 is 89.3. The Hall–Kier alpha value is -7.99. The number of carbonyl (C=O) groups is 8. The third-order valence-corrected chi connectivity index (χ3v) is 14.1. The Labute approximate surface area is 602 Å². The van der Waals surface area contributed by atoms with E-state index < -0.39 is 83.7 Å². The maximum Gasteiger partial charge on any atom is 0.490 e. The first-order valence-corrected chi connectivity index (χ1v) is 29.2. The van der Waals surface area contributed by atoms with Crippen LogP contribution in [0.4, 0.5) is 30.7 Å². The van der Waals surface area contributed by atoms with Crippen LogP contribution in [0.25, 0.3) is 22.3 Å². The molecule has 2 saturated heterocycles. The van der Waals surface area contributed by atoms with Crippen LogP contribution in [-0.2, 0) is 104 Å². The zero-order valence-corrected chi connectivity index (χ0v) is 58.3. The van der Waals surface area contributed by atoms with Crippen molar-refractivity contribution < 1.29 is 105 Å². The van der Waals surface area contributed by atoms with Crippen LogP contribution in [0.1, 0.15) is 74.4 Å². The van der Waals surface area contributed by atoms with Gasteiger partial charge in [-0.15, -0.1) is 12.4 Å². The Morgan fingerprint density at radius 3 is 1.37 bits per heavy atom. The second-order valence-corrected chi connectivity index (χ2v) is 20.9. The number of halogens is 10. The molecule has 8 N–H and O–H groups in total. The standard InChI is InChI=1S/C27H23ClF2N2O3.C18H16ClF2NO.C9H9NO3.C9H7NO2.C2HF3O2.CH4.CH3.ClH.S2.H2S.W/c28-22-10-2-1-8-20(22)21-9-4-6-17(26(21)30)13-24(33)23-14-19(29)15-32(23)25(34)12-16-5-3-7-18(11-16)27(31)35;19-15-7-2-1-5-13(15)14-6-3-4-11(18(14)21)8-17(23)16-9-12(20)10-22-16;10-9(13)7-3-1-2-6(4-7)5-8(11)12;10-6-8-3-1-2-7(4-8)5-9(11)12;3-2(4,5)1(6)7;;;;1-2;;/h1-11,19,23H,12-15H2,(H2,31,35);1-7,12,16,22H,8-10H2;1-4H,5H2,(H2,10,13)(H,11,12);1-4H,5H2,(H,11,12);(H,6,7);1H4;1H3;1H;;1H2;/q;;;;;;-1;;;;/t19-,23+;12-,16+;;;;;;;;;/m11........./s1. The van der Waals surface area contributed by atoms with Crippen LogP contribution >= 0.6 is 49.1 Å². The molecule has 2 heterocycles. The van der Waals surface area contributed by atoms with Gasteiger partial charge in [0.15, 0.2) is 11.6 Å². The zero-order chi connectivity index (χ0) is 68.4. The normalized spacial score (nSPS) is 14.4. The topological polar surface area (TPSA) is 288 Å². The first-order chi connectivity index (χ1) is 43.6. The molecule has 97 heavy (non-hydrogen) atoms. The number of carboxylic acids is 3. The minimum atomic E-state index is -5.08. The summed E-state index contributed by atoms with van der Waals surface area (Å²) in [4.78, 5) is 91.1. The monoisotopic (exact) mass is 1630 g/mol. The van der Waals surface area contributed by atoms with Gasteiger partial charge in [0.05, 0.1) is 49.5 Å². The molecule has 3 amide bonds. The van der Waals surface area contributed by atoms with Crippen molar-refractivity contribution in [1.82, 2.24) is 10.2 Å². The van der Waals surface area contributed by atoms with E-state index in [1.165, 1.54) is 29.2 Å². The first-order valence-electron chi connectivity index (χ1n) is 27.1. The van der Waals surface area contributed by atoms with Gasteiger partial charge in [-0.05, 0) is 76.3 Å². The van der Waals surface area contributed by atoms with E-state index in [9.17, 15) is 59.9 Å². The number of Topliss-reactive ketones (excluding diaryl/α,β-unsaturated/α-hetero) is 2. The number of primary amides is 2. The molecular weight excluding hydrogens is 1570 g/mol. The predicted molar refractivity (Wildman–Crippen MR) is 364 cm³/mol. The first kappa shape index (κ1) is 91.1. The fraction of sp³-hybridized carbons (Fsp3) is 0.224. The number of carbonyl (C=O) groups excluding carboxylic acids is 5. The average molecular weight is 1640 g/mol. The molecule has 2 aliphatic heterocycles. The number of likely N-dealkylation sites (tertiary alicyclic amines) is 1. The molecule has 0 saturated carbocycles. The number of nitrogens with zero attached hydrogens (tertiary/aromatic N) is 2. The molecule has 520 valence electrons. The number of hydrogen-bond donors (Lipinski definition) is 6. The Morgan fingerprint density at radius 2 is 0.979 bits per heavy atom. The molecule has 16 nitrogen and oxygen atoms in total. The number of hydrogen-bond acceptors (Lipinski definition) is 12. The zero-order valence-electron chi connectivity index (χ0n) is 50.4. The summed E-state index contributed by atoms with van der Waals surface area (Å²) in [6.45, 7) is -0.0363. The maximum atomic E-state index is 15.3. The van der Waals surface area contributed by atoms with E-state index in [0.29, 0.717) is 60.1 Å². The molecule has 0 radical (unpaired) electrons. The quantitative estimate of drug-likeness (QED) is 0.0387. The number of amides is 3. The van der Waals surface area contributed by atoms with Crippen LogP contribution in [0.5, 0.6) is 0 Å². The van der Waals surface area contributed by atoms with Gasteiger partial charge in [-0.3, -0.25) is 33.6 Å². The van der Waals surface area contributed by atoms with Crippen LogP contribution < -0.4 is 16.8 Å². The van der Waals surface area contributed by atoms with Crippen molar-refractivity contribution in [1.29, 1.82) is 5.26 Å². The second-order valence-electron chi connectivity index (χ2n) is 20.1. The van der Waals surface area contributed by atoms with E-state index in [4.69, 9.17) is 60.0 Å². The fourth-order valence-corrected chi connectivity index (χ4v) is 9.65. The third kappa shape index (κ3) is 29.3. The Balaban J connectivity index is 0. The third-order valence-electron chi connectivity index (χ3n) is 13.4. The number of rotatable bonds is 16. The van der Waals surface area contributed by atoms with Gasteiger partial charge in [0.2, 0.25) is 17.7 Å². The number of aliphatic carboxylic acids is 3. The number of ketones is 2. The summed E-state index contributed by atoms with van der Waals surface area (Å²) in [5, 5.41) is 36.2. The van der Waals surface area contributed by atoms with E-state index in [0.717, 1.165) is 0 Å². The molecule has 2 fully saturated rings. The molecule has 0 unspecified atom stereocenters. The molecule has 2 aliphatic rings. The number of alkyl halides is 5. The number of carboxylic acid groups (broad SMARTS) is 3. The summed E-state index contributed by atoms with van der Waals surface area (Å²) in [7, 11) is 0. The summed E-state index contributed by atoms with van der Waals surface area (Å²) in [5.41, 5.74) is 15.3. The Kier molecular flexibility index (Phi) is 42.0. The van der Waals surface area contributed by atoms with Gasteiger partial charge in [-0.25, -0.2) is 22.4 Å². The van der Waals surface area contributed by atoms with E-state index in [2.05, 4.69) is 27.7 Å². The molecule has 0 bridgehead atoms. The van der Waals surface area contributed by atoms with Crippen molar-refractivity contribution in [2.24, 2.45) is 11.5 Å². The van der Waals surface area contributed by atoms with Gasteiger partial charge >= 0.3 is 24.1 Å². The molecule has 0 aromatic heterocycles. The number of nitrogens with two attached hydrogens (primary N) is 2. The maximum absolute atomic E-state index is 15.3. The van der Waals surface area contributed by atoms with Gasteiger partial charge < -0.3 is 44.4 Å². The van der Waals surface area contributed by atoms with Crippen LogP contribution in [0.15, 0.2) is 158 Å². The molecule has 7 aromatic carbocycles. The summed E-state index contributed by atoms with van der Waals surface area (Å²) in [5.74, 6) is -7.87. The van der Waals surface area contributed by atoms with Crippen LogP contribution in [0.2, 0.25) is 10.0 Å². The van der Waals surface area contributed by atoms with Crippen molar-refractivity contribution >= 4 is 119 Å². The van der Waals surface area contributed by atoms with E-state index in [-0.39, 0.29) is 142 Å². The SMILES string of the molecule is C.Cl.N#Cc1cccc(CC(=O)O)c1.NC(=O)c1cccc(CC(=O)N2C[C@H](F)C[C@H]2C(=O)Cc2cccc(-c3ccccc3Cl)c2F)c1.NC(=O)c1cccc(CC(=O)O)c1.O=C(Cc1cccc(-c2ccccc2Cl)c1F)[C@@H]1C[C@@H](F)CN1.O=C(O)C(F)(F)F.S.S=S.[CH3-].[W]. The van der Waals surface area contributed by atoms with Gasteiger partial charge in [0.1, 0.15) is 24.0 Å². The molecule has 30 heteroatoms. The molecule has 7 aromatic rings. The van der Waals surface area contributed by atoms with Gasteiger partial charge in [0.25, 0.3) is 0 Å². The molecule has 9 rings (SSSR count). The van der Waals surface area contributed by atoms with Crippen molar-refractivity contribution in [3.8, 4) is 28.3 Å². The van der Waals surface area contributed by atoms with Gasteiger partial charge in [-0.1, -0.05) is 140 Å². The summed E-state index contributed by atoms with van der Waals surface area (Å²) in [6, 6.07) is 43.0. The van der Waals surface area contributed by atoms with Gasteiger partial charge in [0, 0.05) is 119 Å². The Bertz CT molecular complexity index is 3860. The van der Waals surface area contributed by atoms with E-state index in [1.807, 2.05) is 6.07 Å². The van der Waals surface area contributed by atoms with E-state index >= 15 is 4.39 Å². The van der Waals surface area contributed by atoms with Crippen LogP contribution in [-0.4, -0.2) is 111 Å². The van der Waals surface area contributed by atoms with Gasteiger partial charge in [-0.2, -0.15) is 31.9 Å². The molecule has 4 atom stereocenters. The summed E-state index contributed by atoms with van der Waals surface area (Å²) in [6.07, 6.45) is -8.03. The molecule has 0 aliphatic carbocycles. The minimum absolute atomic E-state index is 0. The Morgan fingerprint density at radius 1 is 0.588 bits per heavy atom. The molecule has 0 spiro atoms.